The molecule has 0 aliphatic carbocycles. The molecule has 0 aromatic carbocycles. The Hall–Kier alpha value is -1.69. The molecule has 6 nitrogen and oxygen atoms in total. The summed E-state index contributed by atoms with van der Waals surface area (Å²) in [7, 11) is 0. The van der Waals surface area contributed by atoms with E-state index in [4.69, 9.17) is 5.73 Å². The van der Waals surface area contributed by atoms with E-state index < -0.39 is 10.5 Å². The van der Waals surface area contributed by atoms with Gasteiger partial charge in [-0.05, 0) is 18.9 Å². The van der Waals surface area contributed by atoms with Crippen molar-refractivity contribution < 1.29 is 4.92 Å². The molecule has 0 bridgehead atoms. The Morgan fingerprint density at radius 3 is 2.76 bits per heavy atom. The van der Waals surface area contributed by atoms with E-state index in [0.29, 0.717) is 6.54 Å². The molecule has 94 valence electrons. The largest absolute Gasteiger partial charge is 0.358 e. The number of pyridine rings is 1. The molecule has 3 N–H and O–H groups in total. The summed E-state index contributed by atoms with van der Waals surface area (Å²) in [6.07, 6.45) is 1.52. The number of nitrogens with two attached hydrogens (primary N) is 1. The third-order valence-corrected chi connectivity index (χ3v) is 3.09. The van der Waals surface area contributed by atoms with Crippen molar-refractivity contribution in [3.05, 3.63) is 28.4 Å². The fourth-order valence-electron chi connectivity index (χ4n) is 1.34. The van der Waals surface area contributed by atoms with Gasteiger partial charge in [-0.1, -0.05) is 13.8 Å². The van der Waals surface area contributed by atoms with Gasteiger partial charge in [0.25, 0.3) is 0 Å². The molecule has 0 aliphatic rings. The summed E-state index contributed by atoms with van der Waals surface area (Å²) >= 11 is 0. The SMILES string of the molecule is CC(C)C(C)(CN)Nc1ncccc1[N+](=O)[O-]. The third-order valence-electron chi connectivity index (χ3n) is 3.09. The van der Waals surface area contributed by atoms with Crippen LogP contribution in [0, 0.1) is 16.0 Å². The van der Waals surface area contributed by atoms with Gasteiger partial charge in [-0.3, -0.25) is 10.1 Å². The summed E-state index contributed by atoms with van der Waals surface area (Å²) in [6.45, 7) is 6.32. The van der Waals surface area contributed by atoms with Crippen molar-refractivity contribution in [1.82, 2.24) is 4.98 Å². The molecule has 0 spiro atoms. The average Bonchev–Trinajstić information content (AvgIpc) is 2.29. The fourth-order valence-corrected chi connectivity index (χ4v) is 1.34. The minimum Gasteiger partial charge on any atom is -0.358 e. The second kappa shape index (κ2) is 5.09. The van der Waals surface area contributed by atoms with E-state index in [9.17, 15) is 10.1 Å². The number of hydrogen-bond donors (Lipinski definition) is 2. The Balaban J connectivity index is 3.06. The van der Waals surface area contributed by atoms with Crippen molar-refractivity contribution in [1.29, 1.82) is 0 Å². The zero-order valence-electron chi connectivity index (χ0n) is 10.3. The highest BCUT2D eigenvalue weighted by molar-refractivity contribution is 5.56. The highest BCUT2D eigenvalue weighted by atomic mass is 16.6. The number of aromatic nitrogens is 1. The summed E-state index contributed by atoms with van der Waals surface area (Å²) in [6, 6.07) is 2.96. The normalized spacial score (nSPS) is 14.4. The summed E-state index contributed by atoms with van der Waals surface area (Å²) in [5, 5.41) is 13.9. The number of nitrogens with zero attached hydrogens (tertiary/aromatic N) is 2. The molecule has 1 aromatic heterocycles. The zero-order chi connectivity index (χ0) is 13.1. The highest BCUT2D eigenvalue weighted by Gasteiger charge is 2.29. The molecule has 1 atom stereocenters. The predicted molar refractivity (Wildman–Crippen MR) is 66.8 cm³/mol. The Morgan fingerprint density at radius 2 is 2.29 bits per heavy atom. The lowest BCUT2D eigenvalue weighted by molar-refractivity contribution is -0.384. The van der Waals surface area contributed by atoms with Gasteiger partial charge < -0.3 is 11.1 Å². The van der Waals surface area contributed by atoms with Crippen LogP contribution >= 0.6 is 0 Å². The van der Waals surface area contributed by atoms with Gasteiger partial charge in [-0.2, -0.15) is 0 Å². The van der Waals surface area contributed by atoms with Crippen molar-refractivity contribution in [2.24, 2.45) is 11.7 Å². The van der Waals surface area contributed by atoms with Crippen LogP contribution < -0.4 is 11.1 Å². The Labute approximate surface area is 100 Å². The molecule has 0 aliphatic heterocycles. The molecule has 0 saturated heterocycles. The van der Waals surface area contributed by atoms with E-state index in [0.717, 1.165) is 0 Å². The van der Waals surface area contributed by atoms with E-state index in [1.165, 1.54) is 12.3 Å². The molecule has 0 fully saturated rings. The van der Waals surface area contributed by atoms with Crippen LogP contribution in [0.1, 0.15) is 20.8 Å². The summed E-state index contributed by atoms with van der Waals surface area (Å²) in [5.41, 5.74) is 5.27. The first-order valence-electron chi connectivity index (χ1n) is 5.48. The Kier molecular flexibility index (Phi) is 4.01. The minimum atomic E-state index is -0.452. The van der Waals surface area contributed by atoms with Gasteiger partial charge in [-0.15, -0.1) is 0 Å². The maximum Gasteiger partial charge on any atom is 0.311 e. The van der Waals surface area contributed by atoms with Crippen LogP contribution in [-0.4, -0.2) is 22.0 Å². The van der Waals surface area contributed by atoms with Crippen LogP contribution in [0.3, 0.4) is 0 Å². The topological polar surface area (TPSA) is 94.1 Å². The number of anilines is 1. The van der Waals surface area contributed by atoms with Crippen molar-refractivity contribution in [2.75, 3.05) is 11.9 Å². The van der Waals surface area contributed by atoms with Crippen molar-refractivity contribution in [3.63, 3.8) is 0 Å². The molecule has 0 amide bonds. The molecule has 17 heavy (non-hydrogen) atoms. The highest BCUT2D eigenvalue weighted by Crippen LogP contribution is 2.27. The lowest BCUT2D eigenvalue weighted by atomic mass is 9.88. The molecule has 1 rings (SSSR count). The maximum absolute atomic E-state index is 10.9. The van der Waals surface area contributed by atoms with Gasteiger partial charge in [0, 0.05) is 18.8 Å². The lowest BCUT2D eigenvalue weighted by Crippen LogP contribution is -2.47. The number of nitro groups is 1. The van der Waals surface area contributed by atoms with Gasteiger partial charge in [0.05, 0.1) is 10.5 Å². The van der Waals surface area contributed by atoms with Gasteiger partial charge in [0.15, 0.2) is 0 Å². The summed E-state index contributed by atoms with van der Waals surface area (Å²) in [4.78, 5) is 14.4. The quantitative estimate of drug-likeness (QED) is 0.602. The molecule has 0 saturated carbocycles. The molecule has 1 unspecified atom stereocenters. The van der Waals surface area contributed by atoms with Crippen LogP contribution in [0.4, 0.5) is 11.5 Å². The zero-order valence-corrected chi connectivity index (χ0v) is 10.3. The molecular weight excluding hydrogens is 220 g/mol. The average molecular weight is 238 g/mol. The van der Waals surface area contributed by atoms with Gasteiger partial charge in [0.1, 0.15) is 0 Å². The van der Waals surface area contributed by atoms with Gasteiger partial charge in [-0.25, -0.2) is 4.98 Å². The number of hydrogen-bond acceptors (Lipinski definition) is 5. The smallest absolute Gasteiger partial charge is 0.311 e. The van der Waals surface area contributed by atoms with Crippen molar-refractivity contribution >= 4 is 11.5 Å². The van der Waals surface area contributed by atoms with Gasteiger partial charge >= 0.3 is 5.69 Å². The van der Waals surface area contributed by atoms with E-state index >= 15 is 0 Å². The minimum absolute atomic E-state index is 0.0344. The van der Waals surface area contributed by atoms with Crippen LogP contribution in [0.2, 0.25) is 0 Å². The van der Waals surface area contributed by atoms with E-state index in [1.54, 1.807) is 6.07 Å². The Morgan fingerprint density at radius 1 is 1.65 bits per heavy atom. The fraction of sp³-hybridized carbons (Fsp3) is 0.545. The number of rotatable bonds is 5. The first-order chi connectivity index (χ1) is 7.90. The third kappa shape index (κ3) is 2.91. The second-order valence-electron chi connectivity index (χ2n) is 4.53. The first kappa shape index (κ1) is 13.4. The van der Waals surface area contributed by atoms with E-state index in [1.807, 2.05) is 20.8 Å². The van der Waals surface area contributed by atoms with Gasteiger partial charge in [0.2, 0.25) is 5.82 Å². The Bertz CT molecular complexity index is 408. The van der Waals surface area contributed by atoms with Crippen LogP contribution in [0.15, 0.2) is 18.3 Å². The lowest BCUT2D eigenvalue weighted by Gasteiger charge is -2.33. The summed E-state index contributed by atoms with van der Waals surface area (Å²) < 4.78 is 0. The van der Waals surface area contributed by atoms with E-state index in [-0.39, 0.29) is 17.4 Å². The monoisotopic (exact) mass is 238 g/mol. The molecule has 1 aromatic rings. The van der Waals surface area contributed by atoms with Crippen LogP contribution in [-0.2, 0) is 0 Å². The van der Waals surface area contributed by atoms with E-state index in [2.05, 4.69) is 10.3 Å². The first-order valence-corrected chi connectivity index (χ1v) is 5.48. The molecule has 1 heterocycles. The molecule has 6 heteroatoms. The second-order valence-corrected chi connectivity index (χ2v) is 4.53. The predicted octanol–water partition coefficient (Wildman–Crippen LogP) is 1.78. The van der Waals surface area contributed by atoms with Crippen molar-refractivity contribution in [2.45, 2.75) is 26.3 Å². The number of nitrogens with one attached hydrogen (secondary N) is 1. The molecule has 0 radical (unpaired) electrons. The standard InChI is InChI=1S/C11H18N4O2/c1-8(2)11(3,7-12)14-10-9(15(16)17)5-4-6-13-10/h4-6,8H,7,12H2,1-3H3,(H,13,14). The maximum atomic E-state index is 10.9. The summed E-state index contributed by atoms with van der Waals surface area (Å²) in [5.74, 6) is 0.494. The van der Waals surface area contributed by atoms with Crippen molar-refractivity contribution in [3.8, 4) is 0 Å². The van der Waals surface area contributed by atoms with Crippen LogP contribution in [0.5, 0.6) is 0 Å². The van der Waals surface area contributed by atoms with Crippen LogP contribution in [0.25, 0.3) is 0 Å². The molecular formula is C11H18N4O2.